The minimum Gasteiger partial charge on any atom is -0.392 e. The Kier molecular flexibility index (Phi) is 3.07. The fourth-order valence-corrected chi connectivity index (χ4v) is 1.05. The summed E-state index contributed by atoms with van der Waals surface area (Å²) in [7, 11) is 0. The number of aliphatic hydroxyl groups is 1. The third-order valence-corrected chi connectivity index (χ3v) is 1.80. The van der Waals surface area contributed by atoms with E-state index in [0.717, 1.165) is 6.07 Å². The van der Waals surface area contributed by atoms with Gasteiger partial charge >= 0.3 is 6.18 Å². The van der Waals surface area contributed by atoms with Crippen LogP contribution in [0.4, 0.5) is 13.2 Å². The zero-order valence-corrected chi connectivity index (χ0v) is 7.12. The van der Waals surface area contributed by atoms with Crippen LogP contribution in [0.25, 0.3) is 0 Å². The number of rotatable bonds is 2. The summed E-state index contributed by atoms with van der Waals surface area (Å²) in [6.45, 7) is -0.507. The Morgan fingerprint density at radius 2 is 2.14 bits per heavy atom. The molecular weight excluding hydrogens is 197 g/mol. The van der Waals surface area contributed by atoms with Crippen molar-refractivity contribution in [1.29, 1.82) is 0 Å². The Balaban J connectivity index is 3.06. The van der Waals surface area contributed by atoms with Crippen LogP contribution in [-0.2, 0) is 6.61 Å². The molecule has 0 aliphatic rings. The first-order valence-corrected chi connectivity index (χ1v) is 3.82. The van der Waals surface area contributed by atoms with Gasteiger partial charge in [0.05, 0.1) is 6.61 Å². The topological polar surface area (TPSA) is 59.1 Å². The van der Waals surface area contributed by atoms with Gasteiger partial charge in [0.15, 0.2) is 0 Å². The van der Waals surface area contributed by atoms with Crippen molar-refractivity contribution in [3.63, 3.8) is 0 Å². The van der Waals surface area contributed by atoms with E-state index in [-0.39, 0.29) is 11.1 Å². The first-order valence-electron chi connectivity index (χ1n) is 3.82. The molecule has 0 fully saturated rings. The molecule has 1 aromatic rings. The number of pyridine rings is 1. The van der Waals surface area contributed by atoms with Crippen molar-refractivity contribution >= 4 is 0 Å². The van der Waals surface area contributed by atoms with Crippen molar-refractivity contribution in [3.8, 4) is 0 Å². The SMILES string of the molecule is N[C@H](c1ccncc1CO)C(F)(F)F. The van der Waals surface area contributed by atoms with Crippen LogP contribution in [0.5, 0.6) is 0 Å². The molecule has 0 spiro atoms. The van der Waals surface area contributed by atoms with Gasteiger partial charge in [0, 0.05) is 18.0 Å². The van der Waals surface area contributed by atoms with E-state index in [1.165, 1.54) is 12.4 Å². The summed E-state index contributed by atoms with van der Waals surface area (Å²) < 4.78 is 36.7. The maximum absolute atomic E-state index is 12.2. The van der Waals surface area contributed by atoms with Crippen molar-refractivity contribution in [3.05, 3.63) is 29.6 Å². The summed E-state index contributed by atoms with van der Waals surface area (Å²) in [6.07, 6.45) is -2.13. The number of nitrogens with zero attached hydrogens (tertiary/aromatic N) is 1. The van der Waals surface area contributed by atoms with E-state index in [4.69, 9.17) is 10.8 Å². The number of aliphatic hydroxyl groups excluding tert-OH is 1. The van der Waals surface area contributed by atoms with Gasteiger partial charge in [-0.15, -0.1) is 0 Å². The highest BCUT2D eigenvalue weighted by Gasteiger charge is 2.38. The molecule has 0 amide bonds. The molecule has 0 bridgehead atoms. The van der Waals surface area contributed by atoms with Crippen LogP contribution < -0.4 is 5.73 Å². The lowest BCUT2D eigenvalue weighted by Gasteiger charge is -2.17. The molecule has 0 saturated heterocycles. The third kappa shape index (κ3) is 2.21. The van der Waals surface area contributed by atoms with E-state index in [2.05, 4.69) is 4.98 Å². The van der Waals surface area contributed by atoms with E-state index in [1.807, 2.05) is 0 Å². The molecule has 3 N–H and O–H groups in total. The van der Waals surface area contributed by atoms with Crippen LogP contribution in [0, 0.1) is 0 Å². The molecule has 0 aromatic carbocycles. The van der Waals surface area contributed by atoms with Gasteiger partial charge < -0.3 is 10.8 Å². The fourth-order valence-electron chi connectivity index (χ4n) is 1.05. The smallest absolute Gasteiger partial charge is 0.392 e. The molecule has 0 aliphatic heterocycles. The summed E-state index contributed by atoms with van der Waals surface area (Å²) in [5.41, 5.74) is 4.94. The highest BCUT2D eigenvalue weighted by atomic mass is 19.4. The average Bonchev–Trinajstić information content (AvgIpc) is 2.15. The maximum atomic E-state index is 12.2. The molecule has 3 nitrogen and oxygen atoms in total. The Morgan fingerprint density at radius 1 is 1.50 bits per heavy atom. The number of aromatic nitrogens is 1. The van der Waals surface area contributed by atoms with Gasteiger partial charge in [-0.05, 0) is 11.6 Å². The Bertz CT molecular complexity index is 314. The van der Waals surface area contributed by atoms with Gasteiger partial charge in [0.2, 0.25) is 0 Å². The molecular formula is C8H9F3N2O. The molecule has 1 aromatic heterocycles. The molecule has 0 radical (unpaired) electrons. The number of nitrogens with two attached hydrogens (primary N) is 1. The van der Waals surface area contributed by atoms with Crippen LogP contribution in [0.1, 0.15) is 17.2 Å². The number of hydrogen-bond donors (Lipinski definition) is 2. The Morgan fingerprint density at radius 3 is 2.64 bits per heavy atom. The van der Waals surface area contributed by atoms with E-state index in [1.54, 1.807) is 0 Å². The van der Waals surface area contributed by atoms with Crippen LogP contribution in [0.2, 0.25) is 0 Å². The summed E-state index contributed by atoms with van der Waals surface area (Å²) >= 11 is 0. The summed E-state index contributed by atoms with van der Waals surface area (Å²) in [5, 5.41) is 8.77. The third-order valence-electron chi connectivity index (χ3n) is 1.80. The molecule has 1 heterocycles. The first kappa shape index (κ1) is 10.9. The number of alkyl halides is 3. The molecule has 14 heavy (non-hydrogen) atoms. The zero-order valence-electron chi connectivity index (χ0n) is 7.12. The summed E-state index contributed by atoms with van der Waals surface area (Å²) in [4.78, 5) is 3.60. The van der Waals surface area contributed by atoms with Crippen molar-refractivity contribution in [2.75, 3.05) is 0 Å². The Labute approximate surface area is 78.4 Å². The number of halogens is 3. The first-order chi connectivity index (χ1) is 6.46. The second kappa shape index (κ2) is 3.93. The fraction of sp³-hybridized carbons (Fsp3) is 0.375. The van der Waals surface area contributed by atoms with Crippen molar-refractivity contribution in [2.45, 2.75) is 18.8 Å². The second-order valence-corrected chi connectivity index (χ2v) is 2.75. The van der Waals surface area contributed by atoms with Gasteiger partial charge in [-0.2, -0.15) is 13.2 Å². The number of hydrogen-bond acceptors (Lipinski definition) is 3. The highest BCUT2D eigenvalue weighted by Crippen LogP contribution is 2.31. The Hall–Kier alpha value is -1.14. The minimum absolute atomic E-state index is 0.0947. The van der Waals surface area contributed by atoms with Crippen LogP contribution in [-0.4, -0.2) is 16.3 Å². The highest BCUT2D eigenvalue weighted by molar-refractivity contribution is 5.26. The lowest BCUT2D eigenvalue weighted by atomic mass is 10.0. The van der Waals surface area contributed by atoms with Crippen LogP contribution >= 0.6 is 0 Å². The van der Waals surface area contributed by atoms with Crippen LogP contribution in [0.3, 0.4) is 0 Å². The summed E-state index contributed by atoms with van der Waals surface area (Å²) in [5.74, 6) is 0. The van der Waals surface area contributed by atoms with Gasteiger partial charge in [0.25, 0.3) is 0 Å². The maximum Gasteiger partial charge on any atom is 0.407 e. The molecule has 0 aliphatic carbocycles. The van der Waals surface area contributed by atoms with Crippen molar-refractivity contribution < 1.29 is 18.3 Å². The molecule has 1 atom stereocenters. The predicted molar refractivity (Wildman–Crippen MR) is 43.1 cm³/mol. The normalized spacial score (nSPS) is 14.1. The van der Waals surface area contributed by atoms with Gasteiger partial charge in [-0.1, -0.05) is 0 Å². The van der Waals surface area contributed by atoms with E-state index < -0.39 is 18.8 Å². The molecule has 6 heteroatoms. The molecule has 1 rings (SSSR count). The lowest BCUT2D eigenvalue weighted by molar-refractivity contribution is -0.149. The average molecular weight is 206 g/mol. The van der Waals surface area contributed by atoms with Crippen molar-refractivity contribution in [1.82, 2.24) is 4.98 Å². The quantitative estimate of drug-likeness (QED) is 0.762. The van der Waals surface area contributed by atoms with E-state index >= 15 is 0 Å². The molecule has 78 valence electrons. The predicted octanol–water partition coefficient (Wildman–Crippen LogP) is 1.14. The molecule has 0 unspecified atom stereocenters. The lowest BCUT2D eigenvalue weighted by Crippen LogP contribution is -2.29. The van der Waals surface area contributed by atoms with Gasteiger partial charge in [-0.25, -0.2) is 0 Å². The second-order valence-electron chi connectivity index (χ2n) is 2.75. The summed E-state index contributed by atoms with van der Waals surface area (Å²) in [6, 6.07) is -0.920. The zero-order chi connectivity index (χ0) is 10.8. The largest absolute Gasteiger partial charge is 0.407 e. The monoisotopic (exact) mass is 206 g/mol. The standard InChI is InChI=1S/C8H9F3N2O/c9-8(10,11)7(12)6-1-2-13-3-5(6)4-14/h1-3,7,14H,4,12H2/t7-/m1/s1. The van der Waals surface area contributed by atoms with Crippen molar-refractivity contribution in [2.24, 2.45) is 5.73 Å². The minimum atomic E-state index is -4.51. The van der Waals surface area contributed by atoms with Gasteiger partial charge in [-0.3, -0.25) is 4.98 Å². The van der Waals surface area contributed by atoms with E-state index in [0.29, 0.717) is 0 Å². The van der Waals surface area contributed by atoms with Crippen LogP contribution in [0.15, 0.2) is 18.5 Å². The van der Waals surface area contributed by atoms with E-state index in [9.17, 15) is 13.2 Å². The van der Waals surface area contributed by atoms with Gasteiger partial charge in [0.1, 0.15) is 6.04 Å². The molecule has 0 saturated carbocycles.